The number of halogens is 3. The first kappa shape index (κ1) is 16.8. The number of carbonyl (C=O) groups excluding carboxylic acids is 1. The lowest BCUT2D eigenvalue weighted by Gasteiger charge is -2.09. The van der Waals surface area contributed by atoms with Gasteiger partial charge in [0.25, 0.3) is 0 Å². The van der Waals surface area contributed by atoms with Crippen molar-refractivity contribution in [2.45, 2.75) is 42.4 Å². The Bertz CT molecular complexity index is 755. The van der Waals surface area contributed by atoms with Gasteiger partial charge in [0.05, 0.1) is 5.56 Å². The van der Waals surface area contributed by atoms with Gasteiger partial charge in [-0.2, -0.15) is 13.2 Å². The number of rotatable bonds is 6. The fourth-order valence-corrected chi connectivity index (χ4v) is 3.23. The standard InChI is InChI=1S/C15H15F3N4OS/c16-15(17,18)11-3-1-2-9(6-11)8-24-14-21-20-13(10-4-5-10)22(14)7-12(19)23/h1-3,6,10H,4-5,7-8H2,(H2,19,23). The first-order valence-electron chi connectivity index (χ1n) is 7.35. The molecule has 24 heavy (non-hydrogen) atoms. The highest BCUT2D eigenvalue weighted by molar-refractivity contribution is 7.98. The molecule has 1 fully saturated rings. The van der Waals surface area contributed by atoms with E-state index in [9.17, 15) is 18.0 Å². The number of nitrogens with two attached hydrogens (primary N) is 1. The van der Waals surface area contributed by atoms with E-state index in [1.165, 1.54) is 17.8 Å². The van der Waals surface area contributed by atoms with Crippen molar-refractivity contribution in [3.63, 3.8) is 0 Å². The van der Waals surface area contributed by atoms with Crippen LogP contribution in [0.5, 0.6) is 0 Å². The third kappa shape index (κ3) is 3.89. The number of thioether (sulfide) groups is 1. The van der Waals surface area contributed by atoms with Crippen molar-refractivity contribution < 1.29 is 18.0 Å². The second-order valence-electron chi connectivity index (χ2n) is 5.65. The SMILES string of the molecule is NC(=O)Cn1c(SCc2cccc(C(F)(F)F)c2)nnc1C1CC1. The Hall–Kier alpha value is -2.03. The molecule has 0 spiro atoms. The smallest absolute Gasteiger partial charge is 0.368 e. The molecule has 128 valence electrons. The molecule has 3 rings (SSSR count). The Morgan fingerprint density at radius 1 is 1.33 bits per heavy atom. The molecule has 1 heterocycles. The minimum atomic E-state index is -4.37. The maximum absolute atomic E-state index is 12.8. The molecule has 0 unspecified atom stereocenters. The van der Waals surface area contributed by atoms with Gasteiger partial charge in [-0.05, 0) is 24.5 Å². The fourth-order valence-electron chi connectivity index (χ4n) is 2.34. The molecule has 1 aromatic carbocycles. The number of benzene rings is 1. The van der Waals surface area contributed by atoms with E-state index in [4.69, 9.17) is 5.73 Å². The predicted molar refractivity (Wildman–Crippen MR) is 82.2 cm³/mol. The summed E-state index contributed by atoms with van der Waals surface area (Å²) in [6, 6.07) is 5.15. The minimum Gasteiger partial charge on any atom is -0.368 e. The normalized spacial score (nSPS) is 14.8. The van der Waals surface area contributed by atoms with Gasteiger partial charge in [-0.1, -0.05) is 30.0 Å². The number of alkyl halides is 3. The van der Waals surface area contributed by atoms with Gasteiger partial charge in [-0.15, -0.1) is 10.2 Å². The second-order valence-corrected chi connectivity index (χ2v) is 6.60. The van der Waals surface area contributed by atoms with Crippen molar-refractivity contribution in [3.05, 3.63) is 41.2 Å². The molecule has 1 aliphatic rings. The first-order valence-corrected chi connectivity index (χ1v) is 8.33. The van der Waals surface area contributed by atoms with Crippen molar-refractivity contribution in [1.29, 1.82) is 0 Å². The molecule has 0 radical (unpaired) electrons. The van der Waals surface area contributed by atoms with E-state index < -0.39 is 17.6 Å². The summed E-state index contributed by atoms with van der Waals surface area (Å²) in [7, 11) is 0. The van der Waals surface area contributed by atoms with Crippen LogP contribution in [-0.4, -0.2) is 20.7 Å². The molecule has 5 nitrogen and oxygen atoms in total. The van der Waals surface area contributed by atoms with Gasteiger partial charge in [-0.25, -0.2) is 0 Å². The lowest BCUT2D eigenvalue weighted by Crippen LogP contribution is -2.20. The Morgan fingerprint density at radius 2 is 2.08 bits per heavy atom. The van der Waals surface area contributed by atoms with Gasteiger partial charge in [-0.3, -0.25) is 9.36 Å². The summed E-state index contributed by atoms with van der Waals surface area (Å²) in [5.41, 5.74) is 5.11. The van der Waals surface area contributed by atoms with Crippen molar-refractivity contribution in [3.8, 4) is 0 Å². The van der Waals surface area contributed by atoms with E-state index in [0.717, 1.165) is 30.8 Å². The molecule has 1 saturated carbocycles. The van der Waals surface area contributed by atoms with Crippen LogP contribution in [0.4, 0.5) is 13.2 Å². The van der Waals surface area contributed by atoms with Gasteiger partial charge >= 0.3 is 6.18 Å². The molecule has 0 bridgehead atoms. The Balaban J connectivity index is 1.76. The van der Waals surface area contributed by atoms with E-state index in [0.29, 0.717) is 22.4 Å². The van der Waals surface area contributed by atoms with Crippen LogP contribution < -0.4 is 5.73 Å². The number of aromatic nitrogens is 3. The van der Waals surface area contributed by atoms with Crippen LogP contribution in [0.2, 0.25) is 0 Å². The average Bonchev–Trinajstić information content (AvgIpc) is 3.27. The zero-order valence-corrected chi connectivity index (χ0v) is 13.4. The van der Waals surface area contributed by atoms with Gasteiger partial charge in [0.1, 0.15) is 12.4 Å². The molecular weight excluding hydrogens is 341 g/mol. The van der Waals surface area contributed by atoms with Crippen LogP contribution in [0, 0.1) is 0 Å². The molecule has 0 atom stereocenters. The molecule has 1 amide bonds. The van der Waals surface area contributed by atoms with Crippen molar-refractivity contribution in [1.82, 2.24) is 14.8 Å². The summed E-state index contributed by atoms with van der Waals surface area (Å²) in [5.74, 6) is 0.809. The zero-order valence-electron chi connectivity index (χ0n) is 12.6. The quantitative estimate of drug-likeness (QED) is 0.808. The highest BCUT2D eigenvalue weighted by Gasteiger charge is 2.31. The summed E-state index contributed by atoms with van der Waals surface area (Å²) in [6.07, 6.45) is -2.38. The zero-order chi connectivity index (χ0) is 17.3. The maximum Gasteiger partial charge on any atom is 0.416 e. The second kappa shape index (κ2) is 6.46. The first-order chi connectivity index (χ1) is 11.3. The van der Waals surface area contributed by atoms with Crippen LogP contribution in [0.15, 0.2) is 29.4 Å². The molecule has 1 aromatic heterocycles. The molecule has 0 aliphatic heterocycles. The number of carbonyl (C=O) groups is 1. The summed E-state index contributed by atoms with van der Waals surface area (Å²) in [5, 5.41) is 8.66. The van der Waals surface area contributed by atoms with Crippen molar-refractivity contribution in [2.75, 3.05) is 0 Å². The third-order valence-corrected chi connectivity index (χ3v) is 4.66. The van der Waals surface area contributed by atoms with Crippen molar-refractivity contribution >= 4 is 17.7 Å². The van der Waals surface area contributed by atoms with Crippen LogP contribution in [-0.2, 0) is 23.3 Å². The number of primary amides is 1. The summed E-state index contributed by atoms with van der Waals surface area (Å²) in [4.78, 5) is 11.3. The van der Waals surface area contributed by atoms with Gasteiger partial charge in [0.15, 0.2) is 5.16 Å². The Morgan fingerprint density at radius 3 is 2.71 bits per heavy atom. The lowest BCUT2D eigenvalue weighted by atomic mass is 10.1. The van der Waals surface area contributed by atoms with Gasteiger partial charge in [0, 0.05) is 11.7 Å². The Kier molecular flexibility index (Phi) is 4.53. The van der Waals surface area contributed by atoms with E-state index in [1.807, 2.05) is 0 Å². The van der Waals surface area contributed by atoms with E-state index >= 15 is 0 Å². The highest BCUT2D eigenvalue weighted by atomic mass is 32.2. The third-order valence-electron chi connectivity index (χ3n) is 3.62. The lowest BCUT2D eigenvalue weighted by molar-refractivity contribution is -0.137. The number of amides is 1. The van der Waals surface area contributed by atoms with Crippen LogP contribution >= 0.6 is 11.8 Å². The number of nitrogens with zero attached hydrogens (tertiary/aromatic N) is 3. The monoisotopic (exact) mass is 356 g/mol. The summed E-state index contributed by atoms with van der Waals surface area (Å²) >= 11 is 1.24. The van der Waals surface area contributed by atoms with Crippen LogP contribution in [0.1, 0.15) is 35.7 Å². The molecule has 9 heteroatoms. The van der Waals surface area contributed by atoms with Gasteiger partial charge < -0.3 is 5.73 Å². The molecule has 1 aliphatic carbocycles. The Labute approximate surface area is 140 Å². The average molecular weight is 356 g/mol. The van der Waals surface area contributed by atoms with Crippen molar-refractivity contribution in [2.24, 2.45) is 5.73 Å². The molecular formula is C15H15F3N4OS. The highest BCUT2D eigenvalue weighted by Crippen LogP contribution is 2.40. The summed E-state index contributed by atoms with van der Waals surface area (Å²) < 4.78 is 39.9. The number of hydrogen-bond acceptors (Lipinski definition) is 4. The summed E-state index contributed by atoms with van der Waals surface area (Å²) in [6.45, 7) is -0.0241. The predicted octanol–water partition coefficient (Wildman–Crippen LogP) is 2.95. The van der Waals surface area contributed by atoms with Crippen LogP contribution in [0.25, 0.3) is 0 Å². The minimum absolute atomic E-state index is 0.0241. The maximum atomic E-state index is 12.8. The van der Waals surface area contributed by atoms with E-state index in [-0.39, 0.29) is 6.54 Å². The molecule has 2 N–H and O–H groups in total. The van der Waals surface area contributed by atoms with Crippen LogP contribution in [0.3, 0.4) is 0 Å². The number of hydrogen-bond donors (Lipinski definition) is 1. The molecule has 0 saturated heterocycles. The largest absolute Gasteiger partial charge is 0.416 e. The molecule has 2 aromatic rings. The topological polar surface area (TPSA) is 73.8 Å². The van der Waals surface area contributed by atoms with E-state index in [1.54, 1.807) is 10.6 Å². The fraction of sp³-hybridized carbons (Fsp3) is 0.400. The van der Waals surface area contributed by atoms with Gasteiger partial charge in [0.2, 0.25) is 5.91 Å². The van der Waals surface area contributed by atoms with E-state index in [2.05, 4.69) is 10.2 Å².